The van der Waals surface area contributed by atoms with E-state index in [-0.39, 0.29) is 19.0 Å². The molecule has 0 aromatic carbocycles. The maximum absolute atomic E-state index is 7.32. The summed E-state index contributed by atoms with van der Waals surface area (Å²) in [4.78, 5) is 7.55. The van der Waals surface area contributed by atoms with Crippen LogP contribution in [-0.2, 0) is 11.3 Å². The molecule has 1 aromatic rings. The summed E-state index contributed by atoms with van der Waals surface area (Å²) in [5.74, 6) is 0. The van der Waals surface area contributed by atoms with E-state index in [4.69, 9.17) is 7.48 Å². The second kappa shape index (κ2) is 3.63. The van der Waals surface area contributed by atoms with Crippen molar-refractivity contribution in [2.45, 2.75) is 6.61 Å². The first-order valence-corrected chi connectivity index (χ1v) is 3.43. The predicted molar refractivity (Wildman–Crippen MR) is 40.4 cm³/mol. The third-order valence-corrected chi connectivity index (χ3v) is 1.20. The Morgan fingerprint density at radius 3 is 3.30 bits per heavy atom. The van der Waals surface area contributed by atoms with Gasteiger partial charge in [-0.3, -0.25) is 4.98 Å². The van der Waals surface area contributed by atoms with E-state index < -0.39 is 0 Å². The standard InChI is InChI=1S/C6H7BrN2O/c1-10-4-5-2-8-3-6(7)9-5/h2-3H,4H2,1H3/i2D,3D. The van der Waals surface area contributed by atoms with Crippen molar-refractivity contribution in [3.8, 4) is 0 Å². The third-order valence-electron chi connectivity index (χ3n) is 0.847. The SMILES string of the molecule is [2H]c1nc([2H])c(COC)nc1Br. The quantitative estimate of drug-likeness (QED) is 0.731. The Kier molecular flexibility index (Phi) is 1.89. The molecule has 0 aliphatic heterocycles. The average molecular weight is 205 g/mol. The molecule has 10 heavy (non-hydrogen) atoms. The lowest BCUT2D eigenvalue weighted by molar-refractivity contribution is 0.181. The van der Waals surface area contributed by atoms with Crippen molar-refractivity contribution in [3.05, 3.63) is 22.6 Å². The molecule has 0 aliphatic carbocycles. The third kappa shape index (κ3) is 2.04. The molecule has 0 atom stereocenters. The van der Waals surface area contributed by atoms with Crippen molar-refractivity contribution in [1.29, 1.82) is 0 Å². The summed E-state index contributed by atoms with van der Waals surface area (Å²) in [6.07, 6.45) is -0.0371. The van der Waals surface area contributed by atoms with Crippen molar-refractivity contribution in [3.63, 3.8) is 0 Å². The molecule has 0 amide bonds. The van der Waals surface area contributed by atoms with Gasteiger partial charge in [0.1, 0.15) is 4.60 Å². The van der Waals surface area contributed by atoms with Gasteiger partial charge < -0.3 is 4.74 Å². The molecule has 0 N–H and O–H groups in total. The summed E-state index contributed by atoms with van der Waals surface area (Å²) in [5.41, 5.74) is 0.431. The van der Waals surface area contributed by atoms with Crippen LogP contribution in [-0.4, -0.2) is 17.1 Å². The Bertz CT molecular complexity index is 295. The maximum atomic E-state index is 7.32. The first-order valence-electron chi connectivity index (χ1n) is 3.63. The van der Waals surface area contributed by atoms with E-state index in [0.29, 0.717) is 10.3 Å². The minimum absolute atomic E-state index is 0.00921. The normalized spacial score (nSPS) is 12.6. The van der Waals surface area contributed by atoms with Gasteiger partial charge in [0.15, 0.2) is 0 Å². The Morgan fingerprint density at radius 1 is 1.80 bits per heavy atom. The molecule has 0 spiro atoms. The highest BCUT2D eigenvalue weighted by Crippen LogP contribution is 2.03. The molecule has 0 aliphatic rings. The topological polar surface area (TPSA) is 35.0 Å². The molecule has 1 aromatic heterocycles. The fourth-order valence-corrected chi connectivity index (χ4v) is 0.811. The average Bonchev–Trinajstić information content (AvgIpc) is 2.01. The van der Waals surface area contributed by atoms with E-state index in [0.717, 1.165) is 0 Å². The van der Waals surface area contributed by atoms with Gasteiger partial charge in [-0.2, -0.15) is 0 Å². The summed E-state index contributed by atoms with van der Waals surface area (Å²) in [6.45, 7) is 0.241. The summed E-state index contributed by atoms with van der Waals surface area (Å²) in [5, 5.41) is 0. The molecule has 0 bridgehead atoms. The van der Waals surface area contributed by atoms with Crippen molar-refractivity contribution >= 4 is 15.9 Å². The summed E-state index contributed by atoms with van der Waals surface area (Å²) in [7, 11) is 1.52. The van der Waals surface area contributed by atoms with E-state index in [1.54, 1.807) is 0 Å². The first kappa shape index (κ1) is 5.21. The molecule has 4 heteroatoms. The minimum Gasteiger partial charge on any atom is -0.378 e. The van der Waals surface area contributed by atoms with Crippen LogP contribution in [0.5, 0.6) is 0 Å². The summed E-state index contributed by atoms with van der Waals surface area (Å²) < 4.78 is 19.7. The lowest BCUT2D eigenvalue weighted by atomic mass is 10.5. The van der Waals surface area contributed by atoms with Gasteiger partial charge in [-0.15, -0.1) is 0 Å². The van der Waals surface area contributed by atoms with Crippen LogP contribution in [0.15, 0.2) is 16.9 Å². The van der Waals surface area contributed by atoms with Crippen molar-refractivity contribution in [1.82, 2.24) is 9.97 Å². The van der Waals surface area contributed by atoms with E-state index >= 15 is 0 Å². The molecule has 0 saturated heterocycles. The number of nitrogens with zero attached hydrogens (tertiary/aromatic N) is 2. The van der Waals surface area contributed by atoms with Gasteiger partial charge in [-0.25, -0.2) is 4.98 Å². The first-order chi connectivity index (χ1) is 5.65. The van der Waals surface area contributed by atoms with Crippen LogP contribution in [0.3, 0.4) is 0 Å². The molecule has 1 rings (SSSR count). The molecule has 0 radical (unpaired) electrons. The van der Waals surface area contributed by atoms with Crippen LogP contribution >= 0.6 is 15.9 Å². The molecule has 0 fully saturated rings. The molecule has 54 valence electrons. The van der Waals surface area contributed by atoms with Crippen LogP contribution in [0.4, 0.5) is 0 Å². The fourth-order valence-electron chi connectivity index (χ4n) is 0.508. The fraction of sp³-hybridized carbons (Fsp3) is 0.333. The van der Waals surface area contributed by atoms with Gasteiger partial charge in [-0.1, -0.05) is 0 Å². The highest BCUT2D eigenvalue weighted by molar-refractivity contribution is 9.10. The van der Waals surface area contributed by atoms with Crippen molar-refractivity contribution < 1.29 is 7.48 Å². The van der Waals surface area contributed by atoms with E-state index in [1.165, 1.54) is 7.11 Å². The van der Waals surface area contributed by atoms with Crippen LogP contribution in [0.1, 0.15) is 8.44 Å². The number of hydrogen-bond acceptors (Lipinski definition) is 3. The van der Waals surface area contributed by atoms with Gasteiger partial charge >= 0.3 is 0 Å². The number of ether oxygens (including phenoxy) is 1. The number of aromatic nitrogens is 2. The monoisotopic (exact) mass is 204 g/mol. The lowest BCUT2D eigenvalue weighted by Gasteiger charge is -1.96. The van der Waals surface area contributed by atoms with Gasteiger partial charge in [0, 0.05) is 7.11 Å². The zero-order chi connectivity index (χ0) is 9.14. The zero-order valence-electron chi connectivity index (χ0n) is 7.39. The molecule has 0 unspecified atom stereocenters. The van der Waals surface area contributed by atoms with E-state index in [9.17, 15) is 0 Å². The van der Waals surface area contributed by atoms with Gasteiger partial charge in [0.2, 0.25) is 0 Å². The predicted octanol–water partition coefficient (Wildman–Crippen LogP) is 1.39. The second-order valence-electron chi connectivity index (χ2n) is 1.62. The number of halogens is 1. The van der Waals surface area contributed by atoms with Crippen LogP contribution in [0, 0.1) is 0 Å². The van der Waals surface area contributed by atoms with Crippen LogP contribution in [0.25, 0.3) is 0 Å². The zero-order valence-corrected chi connectivity index (χ0v) is 6.97. The molecular formula is C6H7BrN2O. The Balaban J connectivity index is 3.05. The molecule has 3 nitrogen and oxygen atoms in total. The summed E-state index contributed by atoms with van der Waals surface area (Å²) in [6, 6.07) is 0. The highest BCUT2D eigenvalue weighted by Gasteiger charge is 1.93. The molecular weight excluding hydrogens is 196 g/mol. The van der Waals surface area contributed by atoms with Gasteiger partial charge in [0.25, 0.3) is 0 Å². The van der Waals surface area contributed by atoms with Crippen molar-refractivity contribution in [2.75, 3.05) is 7.11 Å². The number of methoxy groups -OCH3 is 1. The molecule has 1 heterocycles. The maximum Gasteiger partial charge on any atom is 0.124 e. The second-order valence-corrected chi connectivity index (χ2v) is 2.37. The Morgan fingerprint density at radius 2 is 2.60 bits per heavy atom. The van der Waals surface area contributed by atoms with Gasteiger partial charge in [0.05, 0.1) is 27.4 Å². The van der Waals surface area contributed by atoms with Crippen molar-refractivity contribution in [2.24, 2.45) is 0 Å². The van der Waals surface area contributed by atoms with E-state index in [2.05, 4.69) is 25.9 Å². The number of hydrogen-bond donors (Lipinski definition) is 0. The highest BCUT2D eigenvalue weighted by atomic mass is 79.9. The lowest BCUT2D eigenvalue weighted by Crippen LogP contribution is -1.92. The number of rotatable bonds is 2. The van der Waals surface area contributed by atoms with Crippen LogP contribution in [0.2, 0.25) is 0 Å². The Labute approximate surface area is 70.4 Å². The van der Waals surface area contributed by atoms with E-state index in [1.807, 2.05) is 0 Å². The smallest absolute Gasteiger partial charge is 0.124 e. The minimum atomic E-state index is -0.0279. The Hall–Kier alpha value is -0.480. The molecule has 0 saturated carbocycles. The largest absolute Gasteiger partial charge is 0.378 e. The summed E-state index contributed by atoms with van der Waals surface area (Å²) >= 11 is 3.05. The van der Waals surface area contributed by atoms with Gasteiger partial charge in [-0.05, 0) is 15.9 Å². The van der Waals surface area contributed by atoms with Crippen LogP contribution < -0.4 is 0 Å².